The maximum absolute atomic E-state index is 13.1. The van der Waals surface area contributed by atoms with Gasteiger partial charge in [-0.05, 0) is 36.4 Å². The van der Waals surface area contributed by atoms with Crippen molar-refractivity contribution in [2.45, 2.75) is 30.7 Å². The first-order chi connectivity index (χ1) is 18.0. The normalized spacial score (nSPS) is 23.0. The largest absolute Gasteiger partial charge is 0.452 e. The Hall–Kier alpha value is -3.28. The average molecular weight is 616 g/mol. The van der Waals surface area contributed by atoms with Crippen molar-refractivity contribution in [1.82, 2.24) is 0 Å². The molecule has 3 aromatic rings. The summed E-state index contributed by atoms with van der Waals surface area (Å²) in [4.78, 5) is 39.1. The molecule has 37 heavy (non-hydrogen) atoms. The number of methoxy groups -OCH3 is 1. The van der Waals surface area contributed by atoms with Crippen LogP contribution in [0.3, 0.4) is 0 Å². The molecule has 0 saturated carbocycles. The standard InChI is InChI=1S/C28H25IO8/c1-33-28-24(37-27(32)20-15-9-4-10-16-20)23(36-26(31)19-13-7-3-8-14-19)22(21(17-29)34-28)35-25(30)18-11-5-2-6-12-18/h2-16,21-24,28H,17H2,1H3. The average Bonchev–Trinajstić information content (AvgIpc) is 2.95. The van der Waals surface area contributed by atoms with Crippen LogP contribution in [0, 0.1) is 0 Å². The minimum absolute atomic E-state index is 0.287. The van der Waals surface area contributed by atoms with Crippen LogP contribution in [-0.2, 0) is 23.7 Å². The molecule has 1 aliphatic heterocycles. The fourth-order valence-electron chi connectivity index (χ4n) is 3.89. The third kappa shape index (κ3) is 6.54. The Morgan fingerprint density at radius 1 is 0.649 bits per heavy atom. The van der Waals surface area contributed by atoms with Gasteiger partial charge in [0.15, 0.2) is 24.6 Å². The molecule has 4 rings (SSSR count). The van der Waals surface area contributed by atoms with Gasteiger partial charge in [0.1, 0.15) is 6.10 Å². The van der Waals surface area contributed by atoms with E-state index >= 15 is 0 Å². The molecule has 0 bridgehead atoms. The van der Waals surface area contributed by atoms with Crippen molar-refractivity contribution >= 4 is 40.5 Å². The SMILES string of the molecule is COC1OC(CI)C(OC(=O)c2ccccc2)C(OC(=O)c2ccccc2)C1OC(=O)c1ccccc1. The molecule has 0 amide bonds. The topological polar surface area (TPSA) is 97.4 Å². The molecule has 1 saturated heterocycles. The molecule has 0 spiro atoms. The van der Waals surface area contributed by atoms with E-state index in [1.165, 1.54) is 7.11 Å². The fourth-order valence-corrected chi connectivity index (χ4v) is 4.60. The minimum Gasteiger partial charge on any atom is -0.452 e. The predicted octanol–water partition coefficient (Wildman–Crippen LogP) is 4.47. The maximum atomic E-state index is 13.1. The summed E-state index contributed by atoms with van der Waals surface area (Å²) in [5.41, 5.74) is 0.893. The van der Waals surface area contributed by atoms with Gasteiger partial charge >= 0.3 is 17.9 Å². The molecule has 3 aromatic carbocycles. The van der Waals surface area contributed by atoms with Crippen LogP contribution in [0.25, 0.3) is 0 Å². The number of hydrogen-bond donors (Lipinski definition) is 0. The van der Waals surface area contributed by atoms with E-state index in [0.29, 0.717) is 15.6 Å². The Morgan fingerprint density at radius 3 is 1.41 bits per heavy atom. The summed E-state index contributed by atoms with van der Waals surface area (Å²) in [6.45, 7) is 0. The van der Waals surface area contributed by atoms with Gasteiger partial charge in [-0.25, -0.2) is 14.4 Å². The lowest BCUT2D eigenvalue weighted by atomic mass is 9.98. The summed E-state index contributed by atoms with van der Waals surface area (Å²) in [6, 6.07) is 25.2. The molecule has 1 fully saturated rings. The van der Waals surface area contributed by atoms with E-state index in [9.17, 15) is 14.4 Å². The summed E-state index contributed by atoms with van der Waals surface area (Å²) in [6.07, 6.45) is -5.31. The third-order valence-corrected chi connectivity index (χ3v) is 6.60. The molecule has 9 heteroatoms. The van der Waals surface area contributed by atoms with E-state index in [4.69, 9.17) is 23.7 Å². The molecule has 192 valence electrons. The van der Waals surface area contributed by atoms with E-state index in [-0.39, 0.29) is 5.56 Å². The number of rotatable bonds is 8. The second-order valence-electron chi connectivity index (χ2n) is 8.14. The Morgan fingerprint density at radius 2 is 1.03 bits per heavy atom. The van der Waals surface area contributed by atoms with Crippen LogP contribution in [0.15, 0.2) is 91.0 Å². The molecule has 1 aliphatic rings. The van der Waals surface area contributed by atoms with Gasteiger partial charge in [0.25, 0.3) is 0 Å². The maximum Gasteiger partial charge on any atom is 0.338 e. The Balaban J connectivity index is 1.69. The molecule has 0 N–H and O–H groups in total. The molecular formula is C28H25IO8. The Labute approximate surface area is 228 Å². The quantitative estimate of drug-likeness (QED) is 0.158. The van der Waals surface area contributed by atoms with Crippen LogP contribution >= 0.6 is 22.6 Å². The number of hydrogen-bond acceptors (Lipinski definition) is 8. The molecule has 8 nitrogen and oxygen atoms in total. The fraction of sp³-hybridized carbons (Fsp3) is 0.250. The first-order valence-electron chi connectivity index (χ1n) is 11.5. The van der Waals surface area contributed by atoms with E-state index < -0.39 is 48.6 Å². The first-order valence-corrected chi connectivity index (χ1v) is 13.1. The van der Waals surface area contributed by atoms with Crippen LogP contribution < -0.4 is 0 Å². The lowest BCUT2D eigenvalue weighted by Gasteiger charge is -2.43. The number of carbonyl (C=O) groups excluding carboxylic acids is 3. The van der Waals surface area contributed by atoms with Crippen LogP contribution in [0.2, 0.25) is 0 Å². The van der Waals surface area contributed by atoms with Crippen molar-refractivity contribution in [2.75, 3.05) is 11.5 Å². The highest BCUT2D eigenvalue weighted by atomic mass is 127. The number of halogens is 1. The van der Waals surface area contributed by atoms with Crippen molar-refractivity contribution in [3.05, 3.63) is 108 Å². The molecule has 0 radical (unpaired) electrons. The summed E-state index contributed by atoms with van der Waals surface area (Å²) in [5.74, 6) is -1.97. The summed E-state index contributed by atoms with van der Waals surface area (Å²) < 4.78 is 29.4. The van der Waals surface area contributed by atoms with Crippen LogP contribution in [-0.4, -0.2) is 60.2 Å². The van der Waals surface area contributed by atoms with E-state index in [2.05, 4.69) is 22.6 Å². The van der Waals surface area contributed by atoms with Crippen molar-refractivity contribution in [3.63, 3.8) is 0 Å². The number of ether oxygens (including phenoxy) is 5. The molecule has 5 unspecified atom stereocenters. The van der Waals surface area contributed by atoms with Crippen molar-refractivity contribution in [3.8, 4) is 0 Å². The van der Waals surface area contributed by atoms with Gasteiger partial charge in [-0.2, -0.15) is 0 Å². The Kier molecular flexibility index (Phi) is 9.26. The van der Waals surface area contributed by atoms with Crippen molar-refractivity contribution in [1.29, 1.82) is 0 Å². The number of alkyl halides is 1. The molecule has 0 aromatic heterocycles. The van der Waals surface area contributed by atoms with E-state index in [1.54, 1.807) is 91.0 Å². The second-order valence-corrected chi connectivity index (χ2v) is 9.02. The van der Waals surface area contributed by atoms with E-state index in [1.807, 2.05) is 0 Å². The highest BCUT2D eigenvalue weighted by molar-refractivity contribution is 14.1. The smallest absolute Gasteiger partial charge is 0.338 e. The second kappa shape index (κ2) is 12.8. The lowest BCUT2D eigenvalue weighted by molar-refractivity contribution is -0.282. The van der Waals surface area contributed by atoms with Crippen molar-refractivity contribution < 1.29 is 38.1 Å². The van der Waals surface area contributed by atoms with Crippen LogP contribution in [0.4, 0.5) is 0 Å². The molecular weight excluding hydrogens is 591 g/mol. The minimum atomic E-state index is -1.22. The van der Waals surface area contributed by atoms with Gasteiger partial charge in [0.05, 0.1) is 16.7 Å². The molecule has 1 heterocycles. The highest BCUT2D eigenvalue weighted by Crippen LogP contribution is 2.31. The zero-order valence-electron chi connectivity index (χ0n) is 19.9. The van der Waals surface area contributed by atoms with Crippen LogP contribution in [0.1, 0.15) is 31.1 Å². The van der Waals surface area contributed by atoms with Gasteiger partial charge in [-0.15, -0.1) is 0 Å². The van der Waals surface area contributed by atoms with Gasteiger partial charge in [-0.3, -0.25) is 0 Å². The number of esters is 3. The summed E-state index contributed by atoms with van der Waals surface area (Å²) in [7, 11) is 1.39. The summed E-state index contributed by atoms with van der Waals surface area (Å²) >= 11 is 2.09. The zero-order valence-corrected chi connectivity index (χ0v) is 22.1. The van der Waals surface area contributed by atoms with E-state index in [0.717, 1.165) is 0 Å². The zero-order chi connectivity index (χ0) is 26.2. The van der Waals surface area contributed by atoms with Gasteiger partial charge in [0.2, 0.25) is 0 Å². The van der Waals surface area contributed by atoms with Crippen molar-refractivity contribution in [2.24, 2.45) is 0 Å². The lowest BCUT2D eigenvalue weighted by Crippen LogP contribution is -2.62. The highest BCUT2D eigenvalue weighted by Gasteiger charge is 2.52. The number of benzene rings is 3. The molecule has 5 atom stereocenters. The molecule has 0 aliphatic carbocycles. The number of carbonyl (C=O) groups is 3. The third-order valence-electron chi connectivity index (χ3n) is 5.73. The van der Waals surface area contributed by atoms with Gasteiger partial charge in [0, 0.05) is 11.5 Å². The Bertz CT molecular complexity index is 1120. The van der Waals surface area contributed by atoms with Crippen LogP contribution in [0.5, 0.6) is 0 Å². The van der Waals surface area contributed by atoms with Gasteiger partial charge in [-0.1, -0.05) is 77.2 Å². The predicted molar refractivity (Wildman–Crippen MR) is 141 cm³/mol. The monoisotopic (exact) mass is 616 g/mol. The summed E-state index contributed by atoms with van der Waals surface area (Å²) in [5, 5.41) is 0. The van der Waals surface area contributed by atoms with Gasteiger partial charge < -0.3 is 23.7 Å². The first kappa shape index (κ1) is 26.8.